The van der Waals surface area contributed by atoms with Gasteiger partial charge >= 0.3 is 0 Å². The van der Waals surface area contributed by atoms with Crippen LogP contribution in [0, 0.1) is 5.92 Å². The molecule has 0 fully saturated rings. The van der Waals surface area contributed by atoms with E-state index in [1.807, 2.05) is 18.7 Å². The predicted molar refractivity (Wildman–Crippen MR) is 74.6 cm³/mol. The Kier molecular flexibility index (Phi) is 3.90. The van der Waals surface area contributed by atoms with E-state index in [9.17, 15) is 4.79 Å². The maximum absolute atomic E-state index is 12.0. The first-order valence-corrected chi connectivity index (χ1v) is 6.76. The van der Waals surface area contributed by atoms with E-state index in [0.29, 0.717) is 0 Å². The van der Waals surface area contributed by atoms with Gasteiger partial charge in [-0.1, -0.05) is 19.9 Å². The molecule has 1 N–H and O–H groups in total. The Hall–Kier alpha value is -1.51. The van der Waals surface area contributed by atoms with Crippen LogP contribution in [0.3, 0.4) is 0 Å². The maximum Gasteiger partial charge on any atom is 0.225 e. The summed E-state index contributed by atoms with van der Waals surface area (Å²) in [6.07, 6.45) is 0.965. The molecular weight excluding hydrogens is 224 g/mol. The van der Waals surface area contributed by atoms with E-state index in [4.69, 9.17) is 0 Å². The summed E-state index contributed by atoms with van der Waals surface area (Å²) in [4.78, 5) is 14.0. The van der Waals surface area contributed by atoms with Crippen molar-refractivity contribution in [2.24, 2.45) is 5.92 Å². The van der Waals surface area contributed by atoms with Gasteiger partial charge in [-0.25, -0.2) is 0 Å². The minimum absolute atomic E-state index is 0.0904. The van der Waals surface area contributed by atoms with Gasteiger partial charge < -0.3 is 10.2 Å². The summed E-state index contributed by atoms with van der Waals surface area (Å²) in [7, 11) is 0. The summed E-state index contributed by atoms with van der Waals surface area (Å²) in [5.41, 5.74) is 3.85. The van der Waals surface area contributed by atoms with Crippen LogP contribution in [-0.2, 0) is 17.8 Å². The zero-order valence-corrected chi connectivity index (χ0v) is 11.5. The van der Waals surface area contributed by atoms with Gasteiger partial charge in [0, 0.05) is 31.2 Å². The predicted octanol–water partition coefficient (Wildman–Crippen LogP) is 2.66. The molecule has 0 atom stereocenters. The first-order valence-electron chi connectivity index (χ1n) is 6.76. The van der Waals surface area contributed by atoms with Crippen LogP contribution < -0.4 is 5.32 Å². The third-order valence-corrected chi connectivity index (χ3v) is 3.41. The van der Waals surface area contributed by atoms with Gasteiger partial charge in [-0.05, 0) is 36.6 Å². The molecule has 0 radical (unpaired) electrons. The van der Waals surface area contributed by atoms with Crippen LogP contribution in [0.1, 0.15) is 31.9 Å². The molecule has 0 saturated carbocycles. The summed E-state index contributed by atoms with van der Waals surface area (Å²) in [5.74, 6) is 0.351. The number of nitrogens with zero attached hydrogens (tertiary/aromatic N) is 1. The van der Waals surface area contributed by atoms with Crippen molar-refractivity contribution in [3.63, 3.8) is 0 Å². The summed E-state index contributed by atoms with van der Waals surface area (Å²) >= 11 is 0. The van der Waals surface area contributed by atoms with Crippen LogP contribution in [-0.4, -0.2) is 23.9 Å². The first kappa shape index (κ1) is 12.9. The molecule has 0 aliphatic carbocycles. The van der Waals surface area contributed by atoms with Crippen molar-refractivity contribution >= 4 is 11.6 Å². The molecule has 1 aliphatic rings. The van der Waals surface area contributed by atoms with Gasteiger partial charge in [0.1, 0.15) is 0 Å². The van der Waals surface area contributed by atoms with Crippen molar-refractivity contribution in [1.82, 2.24) is 4.90 Å². The molecule has 0 unspecified atom stereocenters. The first-order chi connectivity index (χ1) is 8.61. The normalized spacial score (nSPS) is 14.6. The highest BCUT2D eigenvalue weighted by molar-refractivity contribution is 5.78. The minimum atomic E-state index is 0.0904. The van der Waals surface area contributed by atoms with E-state index >= 15 is 0 Å². The molecule has 0 spiro atoms. The van der Waals surface area contributed by atoms with E-state index in [2.05, 4.69) is 30.4 Å². The molecule has 1 amide bonds. The molecule has 3 heteroatoms. The molecule has 1 aromatic rings. The third kappa shape index (κ3) is 2.66. The summed E-state index contributed by atoms with van der Waals surface area (Å²) in [6.45, 7) is 8.58. The van der Waals surface area contributed by atoms with Crippen LogP contribution in [0.25, 0.3) is 0 Å². The van der Waals surface area contributed by atoms with E-state index in [1.165, 1.54) is 16.8 Å². The minimum Gasteiger partial charge on any atom is -0.385 e. The average Bonchev–Trinajstić information content (AvgIpc) is 2.37. The number of benzene rings is 1. The number of carbonyl (C=O) groups excluding carboxylic acids is 1. The summed E-state index contributed by atoms with van der Waals surface area (Å²) in [5, 5.41) is 3.33. The largest absolute Gasteiger partial charge is 0.385 e. The second-order valence-electron chi connectivity index (χ2n) is 5.18. The number of anilines is 1. The Balaban J connectivity index is 2.13. The molecule has 18 heavy (non-hydrogen) atoms. The Bertz CT molecular complexity index is 440. The second kappa shape index (κ2) is 5.42. The maximum atomic E-state index is 12.0. The smallest absolute Gasteiger partial charge is 0.225 e. The van der Waals surface area contributed by atoms with Crippen molar-refractivity contribution in [2.45, 2.75) is 33.7 Å². The average molecular weight is 246 g/mol. The van der Waals surface area contributed by atoms with Crippen LogP contribution in [0.4, 0.5) is 5.69 Å². The molecule has 1 heterocycles. The van der Waals surface area contributed by atoms with Crippen LogP contribution >= 0.6 is 0 Å². The highest BCUT2D eigenvalue weighted by Gasteiger charge is 2.22. The number of nitrogens with one attached hydrogen (secondary N) is 1. The summed E-state index contributed by atoms with van der Waals surface area (Å²) < 4.78 is 0. The van der Waals surface area contributed by atoms with E-state index in [0.717, 1.165) is 26.1 Å². The molecule has 0 saturated heterocycles. The lowest BCUT2D eigenvalue weighted by Gasteiger charge is -2.30. The zero-order chi connectivity index (χ0) is 13.1. The van der Waals surface area contributed by atoms with Crippen molar-refractivity contribution < 1.29 is 4.79 Å². The zero-order valence-electron chi connectivity index (χ0n) is 11.5. The molecule has 0 aromatic heterocycles. The van der Waals surface area contributed by atoms with Gasteiger partial charge in [-0.2, -0.15) is 0 Å². The highest BCUT2D eigenvalue weighted by atomic mass is 16.2. The fourth-order valence-electron chi connectivity index (χ4n) is 2.42. The van der Waals surface area contributed by atoms with E-state index in [1.54, 1.807) is 0 Å². The number of amides is 1. The van der Waals surface area contributed by atoms with Gasteiger partial charge in [0.15, 0.2) is 0 Å². The number of hydrogen-bond acceptors (Lipinski definition) is 2. The summed E-state index contributed by atoms with van der Waals surface area (Å²) in [6, 6.07) is 6.47. The second-order valence-corrected chi connectivity index (χ2v) is 5.18. The SMILES string of the molecule is CCNc1ccc2c(c1)CCN(C(=O)C(C)C)C2. The number of fused-ring (bicyclic) bond motifs is 1. The Morgan fingerprint density at radius 3 is 2.83 bits per heavy atom. The molecule has 1 aromatic carbocycles. The lowest BCUT2D eigenvalue weighted by atomic mass is 9.98. The van der Waals surface area contributed by atoms with Crippen molar-refractivity contribution in [3.05, 3.63) is 29.3 Å². The number of hydrogen-bond donors (Lipinski definition) is 1. The van der Waals surface area contributed by atoms with Crippen LogP contribution in [0.2, 0.25) is 0 Å². The topological polar surface area (TPSA) is 32.3 Å². The molecule has 0 bridgehead atoms. The lowest BCUT2D eigenvalue weighted by Crippen LogP contribution is -2.38. The molecule has 98 valence electrons. The fourth-order valence-corrected chi connectivity index (χ4v) is 2.42. The number of carbonyl (C=O) groups is 1. The quantitative estimate of drug-likeness (QED) is 0.889. The van der Waals surface area contributed by atoms with Crippen molar-refractivity contribution in [3.8, 4) is 0 Å². The van der Waals surface area contributed by atoms with Crippen LogP contribution in [0.5, 0.6) is 0 Å². The molecular formula is C15H22N2O. The van der Waals surface area contributed by atoms with Gasteiger partial charge in [0.2, 0.25) is 5.91 Å². The van der Waals surface area contributed by atoms with Crippen molar-refractivity contribution in [2.75, 3.05) is 18.4 Å². The Morgan fingerprint density at radius 1 is 1.39 bits per heavy atom. The van der Waals surface area contributed by atoms with E-state index in [-0.39, 0.29) is 11.8 Å². The lowest BCUT2D eigenvalue weighted by molar-refractivity contribution is -0.135. The fraction of sp³-hybridized carbons (Fsp3) is 0.533. The van der Waals surface area contributed by atoms with Crippen LogP contribution in [0.15, 0.2) is 18.2 Å². The Morgan fingerprint density at radius 2 is 2.17 bits per heavy atom. The monoisotopic (exact) mass is 246 g/mol. The van der Waals surface area contributed by atoms with Crippen molar-refractivity contribution in [1.29, 1.82) is 0 Å². The molecule has 2 rings (SSSR count). The number of rotatable bonds is 3. The van der Waals surface area contributed by atoms with Gasteiger partial charge in [-0.15, -0.1) is 0 Å². The standard InChI is InChI=1S/C15H22N2O/c1-4-16-14-6-5-13-10-17(15(18)11(2)3)8-7-12(13)9-14/h5-6,9,11,16H,4,7-8,10H2,1-3H3. The van der Waals surface area contributed by atoms with Gasteiger partial charge in [0.25, 0.3) is 0 Å². The van der Waals surface area contributed by atoms with Gasteiger partial charge in [-0.3, -0.25) is 4.79 Å². The molecule has 3 nitrogen and oxygen atoms in total. The highest BCUT2D eigenvalue weighted by Crippen LogP contribution is 2.23. The van der Waals surface area contributed by atoms with E-state index < -0.39 is 0 Å². The molecule has 1 aliphatic heterocycles. The van der Waals surface area contributed by atoms with Gasteiger partial charge in [0.05, 0.1) is 0 Å². The third-order valence-electron chi connectivity index (χ3n) is 3.41. The Labute approximate surface area is 109 Å².